The van der Waals surface area contributed by atoms with Gasteiger partial charge in [0.2, 0.25) is 5.91 Å². The van der Waals surface area contributed by atoms with Crippen molar-refractivity contribution >= 4 is 23.4 Å². The van der Waals surface area contributed by atoms with Crippen LogP contribution in [0.4, 0.5) is 5.69 Å². The number of carbonyl (C=O) groups excluding carboxylic acids is 3. The third kappa shape index (κ3) is 5.70. The van der Waals surface area contributed by atoms with Crippen LogP contribution in [0.15, 0.2) is 48.5 Å². The first-order valence-electron chi connectivity index (χ1n) is 10.5. The van der Waals surface area contributed by atoms with Crippen molar-refractivity contribution in [2.45, 2.75) is 26.8 Å². The van der Waals surface area contributed by atoms with E-state index in [1.54, 1.807) is 41.3 Å². The first-order chi connectivity index (χ1) is 14.9. The normalized spacial score (nSPS) is 14.8. The summed E-state index contributed by atoms with van der Waals surface area (Å²) in [5.74, 6) is -0.911. The molecular weight excluding hydrogens is 394 g/mol. The Morgan fingerprint density at radius 1 is 0.935 bits per heavy atom. The lowest BCUT2D eigenvalue weighted by atomic mass is 10.0. The fourth-order valence-electron chi connectivity index (χ4n) is 3.40. The molecule has 3 amide bonds. The summed E-state index contributed by atoms with van der Waals surface area (Å²) in [7, 11) is 0. The molecule has 0 aromatic heterocycles. The van der Waals surface area contributed by atoms with Gasteiger partial charge in [0.1, 0.15) is 6.04 Å². The highest BCUT2D eigenvalue weighted by Gasteiger charge is 2.30. The number of ether oxygens (including phenoxy) is 1. The average Bonchev–Trinajstić information content (AvgIpc) is 2.78. The standard InChI is InChI=1S/C24H29N3O4/c1-16(2)21(24(30)27-12-14-31-15-13-27)26-23(29)19-6-4-5-7-20(19)25-22(28)18-10-8-17(3)9-11-18/h4-11,16,21H,12-15H2,1-3H3,(H,25,28)(H,26,29)/t21-/m0/s1. The second-order valence-corrected chi connectivity index (χ2v) is 8.00. The molecule has 1 heterocycles. The van der Waals surface area contributed by atoms with Gasteiger partial charge in [-0.2, -0.15) is 0 Å². The van der Waals surface area contributed by atoms with Gasteiger partial charge in [0, 0.05) is 18.7 Å². The van der Waals surface area contributed by atoms with Crippen LogP contribution >= 0.6 is 0 Å². The number of morpholine rings is 1. The van der Waals surface area contributed by atoms with E-state index in [1.807, 2.05) is 32.9 Å². The summed E-state index contributed by atoms with van der Waals surface area (Å²) in [5, 5.41) is 5.68. The van der Waals surface area contributed by atoms with Gasteiger partial charge in [-0.3, -0.25) is 14.4 Å². The van der Waals surface area contributed by atoms with Crippen molar-refractivity contribution < 1.29 is 19.1 Å². The zero-order valence-corrected chi connectivity index (χ0v) is 18.2. The molecule has 1 aliphatic rings. The number of benzene rings is 2. The van der Waals surface area contributed by atoms with Crippen LogP contribution in [0, 0.1) is 12.8 Å². The van der Waals surface area contributed by atoms with Crippen LogP contribution in [-0.2, 0) is 9.53 Å². The molecule has 7 nitrogen and oxygen atoms in total. The van der Waals surface area contributed by atoms with E-state index >= 15 is 0 Å². The molecule has 0 saturated carbocycles. The number of nitrogens with zero attached hydrogens (tertiary/aromatic N) is 1. The number of anilines is 1. The molecule has 1 aliphatic heterocycles. The van der Waals surface area contributed by atoms with Crippen LogP contribution in [0.5, 0.6) is 0 Å². The number of hydrogen-bond acceptors (Lipinski definition) is 4. The summed E-state index contributed by atoms with van der Waals surface area (Å²) < 4.78 is 5.31. The van der Waals surface area contributed by atoms with Gasteiger partial charge in [0.05, 0.1) is 24.5 Å². The van der Waals surface area contributed by atoms with Crippen LogP contribution in [-0.4, -0.2) is 55.0 Å². The number of amides is 3. The predicted octanol–water partition coefficient (Wildman–Crippen LogP) is 2.86. The van der Waals surface area contributed by atoms with Crippen molar-refractivity contribution in [2.24, 2.45) is 5.92 Å². The number of carbonyl (C=O) groups is 3. The minimum Gasteiger partial charge on any atom is -0.378 e. The topological polar surface area (TPSA) is 87.7 Å². The van der Waals surface area contributed by atoms with Crippen LogP contribution in [0.1, 0.15) is 40.1 Å². The molecule has 2 N–H and O–H groups in total. The zero-order chi connectivity index (χ0) is 22.4. The third-order valence-corrected chi connectivity index (χ3v) is 5.28. The van der Waals surface area contributed by atoms with Crippen molar-refractivity contribution in [3.05, 3.63) is 65.2 Å². The molecule has 3 rings (SSSR count). The number of aryl methyl sites for hydroxylation is 1. The van der Waals surface area contributed by atoms with Gasteiger partial charge in [0.15, 0.2) is 0 Å². The van der Waals surface area contributed by atoms with Gasteiger partial charge >= 0.3 is 0 Å². The summed E-state index contributed by atoms with van der Waals surface area (Å²) in [4.78, 5) is 40.4. The Labute approximate surface area is 182 Å². The predicted molar refractivity (Wildman–Crippen MR) is 119 cm³/mol. The monoisotopic (exact) mass is 423 g/mol. The molecule has 2 aromatic rings. The molecule has 0 unspecified atom stereocenters. The average molecular weight is 424 g/mol. The van der Waals surface area contributed by atoms with Crippen LogP contribution < -0.4 is 10.6 Å². The van der Waals surface area contributed by atoms with Crippen molar-refractivity contribution in [3.8, 4) is 0 Å². The van der Waals surface area contributed by atoms with E-state index in [0.717, 1.165) is 5.56 Å². The lowest BCUT2D eigenvalue weighted by molar-refractivity contribution is -0.138. The third-order valence-electron chi connectivity index (χ3n) is 5.28. The van der Waals surface area contributed by atoms with Crippen molar-refractivity contribution in [1.82, 2.24) is 10.2 Å². The molecule has 0 spiro atoms. The number of nitrogens with one attached hydrogen (secondary N) is 2. The summed E-state index contributed by atoms with van der Waals surface area (Å²) in [6, 6.07) is 13.3. The van der Waals surface area contributed by atoms with E-state index in [0.29, 0.717) is 43.1 Å². The Morgan fingerprint density at radius 2 is 1.58 bits per heavy atom. The molecular formula is C24H29N3O4. The Morgan fingerprint density at radius 3 is 2.23 bits per heavy atom. The lowest BCUT2D eigenvalue weighted by Gasteiger charge is -2.32. The van der Waals surface area contributed by atoms with Crippen molar-refractivity contribution in [1.29, 1.82) is 0 Å². The quantitative estimate of drug-likeness (QED) is 0.748. The van der Waals surface area contributed by atoms with Gasteiger partial charge in [-0.05, 0) is 37.1 Å². The molecule has 2 aromatic carbocycles. The molecule has 0 radical (unpaired) electrons. The molecule has 1 fully saturated rings. The first-order valence-corrected chi connectivity index (χ1v) is 10.5. The summed E-state index contributed by atoms with van der Waals surface area (Å²) in [6.45, 7) is 7.77. The smallest absolute Gasteiger partial charge is 0.255 e. The van der Waals surface area contributed by atoms with E-state index in [4.69, 9.17) is 4.74 Å². The zero-order valence-electron chi connectivity index (χ0n) is 18.2. The minimum atomic E-state index is -0.661. The number of hydrogen-bond donors (Lipinski definition) is 2. The van der Waals surface area contributed by atoms with E-state index < -0.39 is 11.9 Å². The lowest BCUT2D eigenvalue weighted by Crippen LogP contribution is -2.53. The largest absolute Gasteiger partial charge is 0.378 e. The Kier molecular flexibility index (Phi) is 7.41. The molecule has 1 saturated heterocycles. The summed E-state index contributed by atoms with van der Waals surface area (Å²) in [6.07, 6.45) is 0. The Hall–Kier alpha value is -3.19. The molecule has 7 heteroatoms. The number of rotatable bonds is 6. The highest BCUT2D eigenvalue weighted by atomic mass is 16.5. The van der Waals surface area contributed by atoms with Gasteiger partial charge in [0.25, 0.3) is 11.8 Å². The molecule has 31 heavy (non-hydrogen) atoms. The molecule has 0 aliphatic carbocycles. The Balaban J connectivity index is 1.75. The fraction of sp³-hybridized carbons (Fsp3) is 0.375. The second kappa shape index (κ2) is 10.2. The Bertz CT molecular complexity index is 934. The van der Waals surface area contributed by atoms with Crippen molar-refractivity contribution in [3.63, 3.8) is 0 Å². The van der Waals surface area contributed by atoms with Gasteiger partial charge in [-0.25, -0.2) is 0 Å². The van der Waals surface area contributed by atoms with Gasteiger partial charge in [-0.1, -0.05) is 43.7 Å². The maximum Gasteiger partial charge on any atom is 0.255 e. The number of para-hydroxylation sites is 1. The summed E-state index contributed by atoms with van der Waals surface area (Å²) in [5.41, 5.74) is 2.26. The van der Waals surface area contributed by atoms with Crippen molar-refractivity contribution in [2.75, 3.05) is 31.6 Å². The van der Waals surface area contributed by atoms with Crippen LogP contribution in [0.25, 0.3) is 0 Å². The maximum atomic E-state index is 13.1. The molecule has 1 atom stereocenters. The highest BCUT2D eigenvalue weighted by molar-refractivity contribution is 6.09. The van der Waals surface area contributed by atoms with Gasteiger partial charge < -0.3 is 20.3 Å². The fourth-order valence-corrected chi connectivity index (χ4v) is 3.40. The van der Waals surface area contributed by atoms with Crippen LogP contribution in [0.2, 0.25) is 0 Å². The molecule has 164 valence electrons. The summed E-state index contributed by atoms with van der Waals surface area (Å²) >= 11 is 0. The second-order valence-electron chi connectivity index (χ2n) is 8.00. The van der Waals surface area contributed by atoms with Crippen LogP contribution in [0.3, 0.4) is 0 Å². The van der Waals surface area contributed by atoms with E-state index in [2.05, 4.69) is 10.6 Å². The maximum absolute atomic E-state index is 13.1. The van der Waals surface area contributed by atoms with Gasteiger partial charge in [-0.15, -0.1) is 0 Å². The SMILES string of the molecule is Cc1ccc(C(=O)Nc2ccccc2C(=O)N[C@H](C(=O)N2CCOCC2)C(C)C)cc1. The van der Waals surface area contributed by atoms with E-state index in [1.165, 1.54) is 0 Å². The molecule has 0 bridgehead atoms. The highest BCUT2D eigenvalue weighted by Crippen LogP contribution is 2.18. The van der Waals surface area contributed by atoms with E-state index in [-0.39, 0.29) is 17.7 Å². The first kappa shape index (κ1) is 22.5. The van der Waals surface area contributed by atoms with E-state index in [9.17, 15) is 14.4 Å². The minimum absolute atomic E-state index is 0.0893.